The molecule has 0 heterocycles. The number of rotatable bonds is 2. The van der Waals surface area contributed by atoms with Gasteiger partial charge in [-0.05, 0) is 30.2 Å². The summed E-state index contributed by atoms with van der Waals surface area (Å²) in [5.41, 5.74) is 3.42. The van der Waals surface area contributed by atoms with Crippen LogP contribution in [0.25, 0.3) is 0 Å². The molecule has 1 aromatic rings. The fourth-order valence-electron chi connectivity index (χ4n) is 1.10. The molecule has 0 saturated heterocycles. The maximum Gasteiger partial charge on any atom is 0.221 e. The fourth-order valence-corrected chi connectivity index (χ4v) is 1.92. The van der Waals surface area contributed by atoms with E-state index in [4.69, 9.17) is 0 Å². The van der Waals surface area contributed by atoms with Gasteiger partial charge < -0.3 is 5.32 Å². The molecule has 1 N–H and O–H groups in total. The van der Waals surface area contributed by atoms with E-state index in [0.29, 0.717) is 0 Å². The lowest BCUT2D eigenvalue weighted by Gasteiger charge is -2.06. The highest BCUT2D eigenvalue weighted by atomic mass is 127. The van der Waals surface area contributed by atoms with E-state index < -0.39 is 0 Å². The van der Waals surface area contributed by atoms with Gasteiger partial charge in [-0.15, -0.1) is 0 Å². The molecular formula is C10H12INO. The van der Waals surface area contributed by atoms with Gasteiger partial charge in [0.15, 0.2) is 0 Å². The topological polar surface area (TPSA) is 29.1 Å². The minimum absolute atomic E-state index is 0.0248. The van der Waals surface area contributed by atoms with Gasteiger partial charge in [-0.1, -0.05) is 28.7 Å². The second-order valence-corrected chi connectivity index (χ2v) is 3.72. The van der Waals surface area contributed by atoms with Crippen molar-refractivity contribution in [1.29, 1.82) is 0 Å². The van der Waals surface area contributed by atoms with Crippen LogP contribution in [0.1, 0.15) is 18.1 Å². The van der Waals surface area contributed by atoms with Crippen LogP contribution in [0.3, 0.4) is 0 Å². The number of benzene rings is 1. The molecule has 0 fully saturated rings. The van der Waals surface area contributed by atoms with Crippen LogP contribution < -0.4 is 5.32 Å². The van der Waals surface area contributed by atoms with Crippen molar-refractivity contribution in [2.75, 3.05) is 5.32 Å². The van der Waals surface area contributed by atoms with Gasteiger partial charge in [-0.2, -0.15) is 0 Å². The zero-order valence-electron chi connectivity index (χ0n) is 7.73. The molecule has 1 amide bonds. The number of aryl methyl sites for hydroxylation is 1. The maximum atomic E-state index is 10.8. The van der Waals surface area contributed by atoms with Gasteiger partial charge in [-0.3, -0.25) is 4.79 Å². The monoisotopic (exact) mass is 289 g/mol. The average Bonchev–Trinajstić information content (AvgIpc) is 2.07. The summed E-state index contributed by atoms with van der Waals surface area (Å²) >= 11 is 2.32. The maximum absolute atomic E-state index is 10.8. The Bertz CT molecular complexity index is 323. The van der Waals surface area contributed by atoms with Crippen molar-refractivity contribution >= 4 is 34.2 Å². The van der Waals surface area contributed by atoms with E-state index in [-0.39, 0.29) is 5.91 Å². The summed E-state index contributed by atoms with van der Waals surface area (Å²) in [6.45, 7) is 3.59. The van der Waals surface area contributed by atoms with E-state index in [2.05, 4.69) is 34.8 Å². The molecule has 0 aliphatic carbocycles. The van der Waals surface area contributed by atoms with Crippen LogP contribution in [-0.2, 0) is 9.22 Å². The number of halogens is 1. The molecule has 1 aromatic carbocycles. The lowest BCUT2D eigenvalue weighted by molar-refractivity contribution is -0.114. The smallest absolute Gasteiger partial charge is 0.221 e. The standard InChI is InChI=1S/C10H12INO/c1-7-3-4-10(12-8(2)13)5-9(7)6-11/h3-5H,6H2,1-2H3,(H,12,13). The van der Waals surface area contributed by atoms with Crippen molar-refractivity contribution in [3.05, 3.63) is 29.3 Å². The summed E-state index contributed by atoms with van der Waals surface area (Å²) in [6, 6.07) is 5.97. The van der Waals surface area contributed by atoms with Crippen LogP contribution in [0.15, 0.2) is 18.2 Å². The van der Waals surface area contributed by atoms with Crippen molar-refractivity contribution in [3.63, 3.8) is 0 Å². The summed E-state index contributed by atoms with van der Waals surface area (Å²) in [5.74, 6) is -0.0248. The molecule has 0 saturated carbocycles. The minimum atomic E-state index is -0.0248. The third-order valence-corrected chi connectivity index (χ3v) is 2.64. The lowest BCUT2D eigenvalue weighted by Crippen LogP contribution is -2.06. The van der Waals surface area contributed by atoms with Crippen molar-refractivity contribution in [2.24, 2.45) is 0 Å². The van der Waals surface area contributed by atoms with E-state index in [1.807, 2.05) is 18.2 Å². The molecule has 0 spiro atoms. The van der Waals surface area contributed by atoms with Crippen molar-refractivity contribution in [2.45, 2.75) is 18.3 Å². The molecule has 0 radical (unpaired) electrons. The molecule has 0 bridgehead atoms. The van der Waals surface area contributed by atoms with Crippen LogP contribution >= 0.6 is 22.6 Å². The molecule has 0 aliphatic rings. The van der Waals surface area contributed by atoms with Gasteiger partial charge in [0.2, 0.25) is 5.91 Å². The highest BCUT2D eigenvalue weighted by Crippen LogP contribution is 2.17. The first-order valence-corrected chi connectivity index (χ1v) is 5.59. The van der Waals surface area contributed by atoms with Crippen LogP contribution in [0.4, 0.5) is 5.69 Å². The molecule has 1 rings (SSSR count). The van der Waals surface area contributed by atoms with Crippen LogP contribution in [0.2, 0.25) is 0 Å². The predicted molar refractivity (Wildman–Crippen MR) is 63.2 cm³/mol. The number of carbonyl (C=O) groups is 1. The van der Waals surface area contributed by atoms with Gasteiger partial charge in [-0.25, -0.2) is 0 Å². The Morgan fingerprint density at radius 3 is 2.77 bits per heavy atom. The Morgan fingerprint density at radius 1 is 1.54 bits per heavy atom. The van der Waals surface area contributed by atoms with Gasteiger partial charge in [0.25, 0.3) is 0 Å². The first-order chi connectivity index (χ1) is 6.13. The largest absolute Gasteiger partial charge is 0.326 e. The number of carbonyl (C=O) groups excluding carboxylic acids is 1. The minimum Gasteiger partial charge on any atom is -0.326 e. The summed E-state index contributed by atoms with van der Waals surface area (Å²) in [7, 11) is 0. The number of amides is 1. The van der Waals surface area contributed by atoms with E-state index in [0.717, 1.165) is 10.1 Å². The van der Waals surface area contributed by atoms with Crippen molar-refractivity contribution in [1.82, 2.24) is 0 Å². The Kier molecular flexibility index (Phi) is 3.71. The number of alkyl halides is 1. The molecule has 0 aliphatic heterocycles. The second-order valence-electron chi connectivity index (χ2n) is 2.96. The molecule has 0 unspecified atom stereocenters. The zero-order chi connectivity index (χ0) is 9.84. The van der Waals surface area contributed by atoms with Crippen LogP contribution in [0.5, 0.6) is 0 Å². The van der Waals surface area contributed by atoms with Crippen LogP contribution in [0, 0.1) is 6.92 Å². The third kappa shape index (κ3) is 2.99. The third-order valence-electron chi connectivity index (χ3n) is 1.81. The van der Waals surface area contributed by atoms with E-state index in [9.17, 15) is 4.79 Å². The second kappa shape index (κ2) is 4.60. The van der Waals surface area contributed by atoms with E-state index in [1.54, 1.807) is 0 Å². The molecule has 0 aromatic heterocycles. The van der Waals surface area contributed by atoms with Crippen molar-refractivity contribution in [3.8, 4) is 0 Å². The quantitative estimate of drug-likeness (QED) is 0.658. The number of nitrogens with one attached hydrogen (secondary N) is 1. The molecule has 2 nitrogen and oxygen atoms in total. The SMILES string of the molecule is CC(=O)Nc1ccc(C)c(CI)c1. The van der Waals surface area contributed by atoms with E-state index >= 15 is 0 Å². The Labute approximate surface area is 91.9 Å². The first-order valence-electron chi connectivity index (χ1n) is 4.06. The molecule has 13 heavy (non-hydrogen) atoms. The molecule has 70 valence electrons. The summed E-state index contributed by atoms with van der Waals surface area (Å²) in [6.07, 6.45) is 0. The normalized spacial score (nSPS) is 9.77. The van der Waals surface area contributed by atoms with Gasteiger partial charge in [0.1, 0.15) is 0 Å². The Balaban J connectivity index is 2.92. The highest BCUT2D eigenvalue weighted by Gasteiger charge is 1.99. The van der Waals surface area contributed by atoms with E-state index in [1.165, 1.54) is 18.1 Å². The predicted octanol–water partition coefficient (Wildman–Crippen LogP) is 2.89. The zero-order valence-corrected chi connectivity index (χ0v) is 9.88. The average molecular weight is 289 g/mol. The first kappa shape index (κ1) is 10.5. The number of hydrogen-bond donors (Lipinski definition) is 1. The van der Waals surface area contributed by atoms with Gasteiger partial charge in [0.05, 0.1) is 0 Å². The molecule has 0 atom stereocenters. The highest BCUT2D eigenvalue weighted by molar-refractivity contribution is 14.1. The van der Waals surface area contributed by atoms with Crippen molar-refractivity contribution < 1.29 is 4.79 Å². The van der Waals surface area contributed by atoms with Gasteiger partial charge in [0, 0.05) is 17.0 Å². The molecule has 3 heteroatoms. The van der Waals surface area contributed by atoms with Gasteiger partial charge >= 0.3 is 0 Å². The summed E-state index contributed by atoms with van der Waals surface area (Å²) in [4.78, 5) is 10.8. The summed E-state index contributed by atoms with van der Waals surface area (Å²) in [5, 5.41) is 2.76. The fraction of sp³-hybridized carbons (Fsp3) is 0.300. The lowest BCUT2D eigenvalue weighted by atomic mass is 10.1. The number of hydrogen-bond acceptors (Lipinski definition) is 1. The number of anilines is 1. The van der Waals surface area contributed by atoms with Crippen LogP contribution in [-0.4, -0.2) is 5.91 Å². The molecular weight excluding hydrogens is 277 g/mol. The summed E-state index contributed by atoms with van der Waals surface area (Å²) < 4.78 is 0.969. The Morgan fingerprint density at radius 2 is 2.23 bits per heavy atom. The Hall–Kier alpha value is -0.580.